The van der Waals surface area contributed by atoms with Crippen LogP contribution in [0.1, 0.15) is 24.8 Å². The molecule has 1 aromatic carbocycles. The van der Waals surface area contributed by atoms with Crippen molar-refractivity contribution in [3.8, 4) is 6.07 Å². The predicted octanol–water partition coefficient (Wildman–Crippen LogP) is 1.48. The summed E-state index contributed by atoms with van der Waals surface area (Å²) in [5.74, 6) is -0.845. The summed E-state index contributed by atoms with van der Waals surface area (Å²) in [6.45, 7) is 0.322. The Bertz CT molecular complexity index is 596. The Morgan fingerprint density at radius 1 is 1.35 bits per heavy atom. The summed E-state index contributed by atoms with van der Waals surface area (Å²) in [6, 6.07) is 5.13. The summed E-state index contributed by atoms with van der Waals surface area (Å²) in [5.41, 5.74) is -0.463. The van der Waals surface area contributed by atoms with Crippen molar-refractivity contribution >= 4 is 10.0 Å². The Labute approximate surface area is 118 Å². The molecule has 0 aliphatic heterocycles. The van der Waals surface area contributed by atoms with E-state index < -0.39 is 21.4 Å². The lowest BCUT2D eigenvalue weighted by atomic mass is 10.2. The molecule has 0 amide bonds. The van der Waals surface area contributed by atoms with Gasteiger partial charge < -0.3 is 5.11 Å². The molecule has 110 valence electrons. The topological polar surface area (TPSA) is 81.4 Å². The van der Waals surface area contributed by atoms with Crippen LogP contribution in [0.2, 0.25) is 0 Å². The highest BCUT2D eigenvalue weighted by molar-refractivity contribution is 7.89. The summed E-state index contributed by atoms with van der Waals surface area (Å²) in [5, 5.41) is 17.5. The number of aliphatic hydroxyl groups is 1. The normalized spacial score (nSPS) is 11.6. The largest absolute Gasteiger partial charge is 0.396 e. The quantitative estimate of drug-likeness (QED) is 0.773. The molecule has 1 N–H and O–H groups in total. The molecule has 0 saturated heterocycles. The van der Waals surface area contributed by atoms with Gasteiger partial charge in [-0.25, -0.2) is 17.1 Å². The van der Waals surface area contributed by atoms with Crippen molar-refractivity contribution in [1.82, 2.24) is 4.31 Å². The van der Waals surface area contributed by atoms with Crippen LogP contribution in [0.5, 0.6) is 0 Å². The van der Waals surface area contributed by atoms with E-state index in [0.29, 0.717) is 19.3 Å². The Kier molecular flexibility index (Phi) is 6.07. The van der Waals surface area contributed by atoms with E-state index in [-0.39, 0.29) is 18.0 Å². The average Bonchev–Trinajstić information content (AvgIpc) is 2.43. The smallest absolute Gasteiger partial charge is 0.244 e. The molecule has 1 aromatic rings. The SMILES string of the molecule is CN(CCCCCO)S(=O)(=O)c1cccc(F)c1C#N. The number of unbranched alkanes of at least 4 members (excludes halogenated alkanes) is 2. The van der Waals surface area contributed by atoms with Crippen molar-refractivity contribution in [2.45, 2.75) is 24.2 Å². The lowest BCUT2D eigenvalue weighted by Gasteiger charge is -2.17. The zero-order valence-corrected chi connectivity index (χ0v) is 12.0. The zero-order chi connectivity index (χ0) is 15.2. The van der Waals surface area contributed by atoms with Crippen LogP contribution in [0.15, 0.2) is 23.1 Å². The Hall–Kier alpha value is -1.49. The summed E-state index contributed by atoms with van der Waals surface area (Å²) in [4.78, 5) is -0.315. The highest BCUT2D eigenvalue weighted by Gasteiger charge is 2.25. The highest BCUT2D eigenvalue weighted by Crippen LogP contribution is 2.21. The monoisotopic (exact) mass is 300 g/mol. The second-order valence-corrected chi connectivity index (χ2v) is 6.35. The minimum Gasteiger partial charge on any atom is -0.396 e. The first-order chi connectivity index (χ1) is 9.45. The predicted molar refractivity (Wildman–Crippen MR) is 71.9 cm³/mol. The maximum atomic E-state index is 13.5. The number of hydrogen-bond donors (Lipinski definition) is 1. The zero-order valence-electron chi connectivity index (χ0n) is 11.2. The molecular formula is C13H17FN2O3S. The van der Waals surface area contributed by atoms with Crippen molar-refractivity contribution in [1.29, 1.82) is 5.26 Å². The molecule has 0 aromatic heterocycles. The van der Waals surface area contributed by atoms with Gasteiger partial charge in [-0.05, 0) is 31.4 Å². The van der Waals surface area contributed by atoms with Gasteiger partial charge in [0.25, 0.3) is 0 Å². The minimum atomic E-state index is -3.88. The molecule has 1 rings (SSSR count). The molecule has 0 aliphatic carbocycles. The summed E-state index contributed by atoms with van der Waals surface area (Å²) in [6.07, 6.45) is 1.90. The number of benzene rings is 1. The number of sulfonamides is 1. The van der Waals surface area contributed by atoms with Crippen LogP contribution in [0, 0.1) is 17.1 Å². The minimum absolute atomic E-state index is 0.0684. The Morgan fingerprint density at radius 3 is 2.65 bits per heavy atom. The van der Waals surface area contributed by atoms with E-state index in [9.17, 15) is 12.8 Å². The molecule has 0 spiro atoms. The molecule has 0 heterocycles. The van der Waals surface area contributed by atoms with Crippen LogP contribution in [-0.2, 0) is 10.0 Å². The highest BCUT2D eigenvalue weighted by atomic mass is 32.2. The summed E-state index contributed by atoms with van der Waals surface area (Å²) < 4.78 is 39.1. The fourth-order valence-electron chi connectivity index (χ4n) is 1.74. The standard InChI is InChI=1S/C13H17FN2O3S/c1-16(8-3-2-4-9-17)20(18,19)13-7-5-6-12(14)11(13)10-15/h5-7,17H,2-4,8-9H2,1H3. The molecule has 0 unspecified atom stereocenters. The third-order valence-electron chi connectivity index (χ3n) is 2.91. The number of nitriles is 1. The number of halogens is 1. The molecule has 0 saturated carbocycles. The van der Waals surface area contributed by atoms with Gasteiger partial charge in [0.1, 0.15) is 22.3 Å². The van der Waals surface area contributed by atoms with Gasteiger partial charge in [-0.2, -0.15) is 5.26 Å². The number of nitrogens with zero attached hydrogens (tertiary/aromatic N) is 2. The molecule has 5 nitrogen and oxygen atoms in total. The van der Waals surface area contributed by atoms with Crippen LogP contribution in [0.4, 0.5) is 4.39 Å². The molecule has 0 atom stereocenters. The van der Waals surface area contributed by atoms with Crippen molar-refractivity contribution in [3.63, 3.8) is 0 Å². The first-order valence-electron chi connectivity index (χ1n) is 6.21. The average molecular weight is 300 g/mol. The van der Waals surface area contributed by atoms with Crippen molar-refractivity contribution in [2.24, 2.45) is 0 Å². The van der Waals surface area contributed by atoms with E-state index in [1.54, 1.807) is 6.07 Å². The van der Waals surface area contributed by atoms with E-state index in [1.165, 1.54) is 19.2 Å². The third kappa shape index (κ3) is 3.76. The molecule has 7 heteroatoms. The molecule has 0 aliphatic rings. The molecule has 20 heavy (non-hydrogen) atoms. The number of rotatable bonds is 7. The fraction of sp³-hybridized carbons (Fsp3) is 0.462. The maximum absolute atomic E-state index is 13.5. The second-order valence-electron chi connectivity index (χ2n) is 4.34. The maximum Gasteiger partial charge on any atom is 0.244 e. The van der Waals surface area contributed by atoms with E-state index in [4.69, 9.17) is 10.4 Å². The van der Waals surface area contributed by atoms with Gasteiger partial charge in [0.15, 0.2) is 0 Å². The van der Waals surface area contributed by atoms with Crippen LogP contribution in [0.3, 0.4) is 0 Å². The van der Waals surface area contributed by atoms with Crippen LogP contribution in [0.25, 0.3) is 0 Å². The lowest BCUT2D eigenvalue weighted by molar-refractivity contribution is 0.281. The Morgan fingerprint density at radius 2 is 2.05 bits per heavy atom. The molecular weight excluding hydrogens is 283 g/mol. The van der Waals surface area contributed by atoms with Crippen molar-refractivity contribution in [3.05, 3.63) is 29.6 Å². The van der Waals surface area contributed by atoms with Crippen molar-refractivity contribution in [2.75, 3.05) is 20.2 Å². The molecule has 0 fully saturated rings. The van der Waals surface area contributed by atoms with Crippen LogP contribution >= 0.6 is 0 Å². The van der Waals surface area contributed by atoms with Gasteiger partial charge >= 0.3 is 0 Å². The van der Waals surface area contributed by atoms with Gasteiger partial charge in [0, 0.05) is 20.2 Å². The lowest BCUT2D eigenvalue weighted by Crippen LogP contribution is -2.28. The van der Waals surface area contributed by atoms with E-state index in [2.05, 4.69) is 0 Å². The third-order valence-corrected chi connectivity index (χ3v) is 4.81. The van der Waals surface area contributed by atoms with Crippen LogP contribution in [-0.4, -0.2) is 38.0 Å². The number of hydrogen-bond acceptors (Lipinski definition) is 4. The fourth-order valence-corrected chi connectivity index (χ4v) is 3.10. The van der Waals surface area contributed by atoms with Gasteiger partial charge in [-0.3, -0.25) is 0 Å². The van der Waals surface area contributed by atoms with Gasteiger partial charge in [0.2, 0.25) is 10.0 Å². The Balaban J connectivity index is 2.94. The summed E-state index contributed by atoms with van der Waals surface area (Å²) in [7, 11) is -2.49. The van der Waals surface area contributed by atoms with Gasteiger partial charge in [-0.1, -0.05) is 6.07 Å². The number of aliphatic hydroxyl groups excluding tert-OH is 1. The van der Waals surface area contributed by atoms with Gasteiger partial charge in [0.05, 0.1) is 0 Å². The first-order valence-corrected chi connectivity index (χ1v) is 7.65. The van der Waals surface area contributed by atoms with Crippen LogP contribution < -0.4 is 0 Å². The molecule has 0 radical (unpaired) electrons. The van der Waals surface area contributed by atoms with E-state index >= 15 is 0 Å². The first kappa shape index (κ1) is 16.6. The van der Waals surface area contributed by atoms with E-state index in [0.717, 1.165) is 10.4 Å². The summed E-state index contributed by atoms with van der Waals surface area (Å²) >= 11 is 0. The second kappa shape index (κ2) is 7.33. The van der Waals surface area contributed by atoms with E-state index in [1.807, 2.05) is 0 Å². The van der Waals surface area contributed by atoms with Crippen molar-refractivity contribution < 1.29 is 17.9 Å². The molecule has 0 bridgehead atoms. The van der Waals surface area contributed by atoms with Gasteiger partial charge in [-0.15, -0.1) is 0 Å².